The Morgan fingerprint density at radius 2 is 1.09 bits per heavy atom. The molecule has 0 fully saturated rings. The van der Waals surface area contributed by atoms with Gasteiger partial charge in [-0.2, -0.15) is 0 Å². The van der Waals surface area contributed by atoms with Gasteiger partial charge in [0.15, 0.2) is 0 Å². The molecule has 23 heavy (non-hydrogen) atoms. The smallest absolute Gasteiger partial charge is 0.0349 e. The molecule has 2 heterocycles. The quantitative estimate of drug-likeness (QED) is 0.375. The van der Waals surface area contributed by atoms with E-state index in [9.17, 15) is 0 Å². The highest BCUT2D eigenvalue weighted by atomic mass is 32.1. The first-order valence-corrected chi connectivity index (χ1v) is 9.30. The van der Waals surface area contributed by atoms with Crippen molar-refractivity contribution in [2.45, 2.75) is 6.92 Å². The Hall–Kier alpha value is -2.16. The molecular weight excluding hydrogens is 316 g/mol. The van der Waals surface area contributed by atoms with Crippen molar-refractivity contribution in [3.8, 4) is 31.3 Å². The number of hydrogen-bond donors (Lipinski definition) is 0. The molecule has 0 radical (unpaired) electrons. The van der Waals surface area contributed by atoms with Gasteiger partial charge < -0.3 is 0 Å². The van der Waals surface area contributed by atoms with Gasteiger partial charge in [0.05, 0.1) is 0 Å². The van der Waals surface area contributed by atoms with Crippen LogP contribution in [0.1, 0.15) is 5.56 Å². The van der Waals surface area contributed by atoms with Crippen LogP contribution in [0.4, 0.5) is 0 Å². The fourth-order valence-electron chi connectivity index (χ4n) is 2.61. The summed E-state index contributed by atoms with van der Waals surface area (Å²) >= 11 is 3.63. The van der Waals surface area contributed by atoms with E-state index in [-0.39, 0.29) is 0 Å². The van der Waals surface area contributed by atoms with Crippen LogP contribution < -0.4 is 0 Å². The van der Waals surface area contributed by atoms with Crippen LogP contribution in [0.25, 0.3) is 31.3 Å². The second-order valence-corrected chi connectivity index (χ2v) is 7.62. The number of hydrogen-bond acceptors (Lipinski definition) is 2. The summed E-state index contributed by atoms with van der Waals surface area (Å²) < 4.78 is 0. The molecule has 0 N–H and O–H groups in total. The van der Waals surface area contributed by atoms with Gasteiger partial charge in [-0.05, 0) is 47.2 Å². The molecule has 0 saturated carbocycles. The minimum Gasteiger partial charge on any atom is -0.144 e. The van der Waals surface area contributed by atoms with Crippen LogP contribution in [0, 0.1) is 6.92 Å². The molecule has 0 aliphatic heterocycles. The largest absolute Gasteiger partial charge is 0.144 e. The van der Waals surface area contributed by atoms with Crippen LogP contribution in [0.15, 0.2) is 78.2 Å². The van der Waals surface area contributed by atoms with E-state index in [0.717, 1.165) is 0 Å². The van der Waals surface area contributed by atoms with Gasteiger partial charge in [0.1, 0.15) is 0 Å². The zero-order valence-electron chi connectivity index (χ0n) is 12.8. The fraction of sp³-hybridized carbons (Fsp3) is 0.0476. The van der Waals surface area contributed by atoms with Gasteiger partial charge in [0.2, 0.25) is 0 Å². The van der Waals surface area contributed by atoms with E-state index in [1.807, 2.05) is 11.3 Å². The van der Waals surface area contributed by atoms with Crippen LogP contribution in [0.5, 0.6) is 0 Å². The maximum atomic E-state index is 2.22. The normalized spacial score (nSPS) is 10.8. The highest BCUT2D eigenvalue weighted by Crippen LogP contribution is 2.35. The van der Waals surface area contributed by atoms with Crippen LogP contribution in [-0.4, -0.2) is 0 Å². The number of aryl methyl sites for hydroxylation is 1. The van der Waals surface area contributed by atoms with Crippen LogP contribution in [0.3, 0.4) is 0 Å². The average molecular weight is 332 g/mol. The van der Waals surface area contributed by atoms with E-state index in [4.69, 9.17) is 0 Å². The Morgan fingerprint density at radius 3 is 1.61 bits per heavy atom. The van der Waals surface area contributed by atoms with Crippen molar-refractivity contribution in [2.24, 2.45) is 0 Å². The van der Waals surface area contributed by atoms with Gasteiger partial charge in [-0.15, -0.1) is 22.7 Å². The first-order valence-electron chi connectivity index (χ1n) is 7.61. The van der Waals surface area contributed by atoms with Crippen LogP contribution >= 0.6 is 22.7 Å². The van der Waals surface area contributed by atoms with Crippen molar-refractivity contribution in [3.05, 3.63) is 83.7 Å². The summed E-state index contributed by atoms with van der Waals surface area (Å²) in [4.78, 5) is 3.96. The zero-order chi connectivity index (χ0) is 15.6. The molecule has 4 aromatic rings. The third-order valence-electron chi connectivity index (χ3n) is 3.92. The van der Waals surface area contributed by atoms with Crippen LogP contribution in [-0.2, 0) is 0 Å². The maximum absolute atomic E-state index is 2.22. The third kappa shape index (κ3) is 3.00. The predicted molar refractivity (Wildman–Crippen MR) is 103 cm³/mol. The molecule has 0 bridgehead atoms. The number of benzene rings is 2. The molecule has 2 aromatic carbocycles. The van der Waals surface area contributed by atoms with Crippen molar-refractivity contribution in [1.29, 1.82) is 0 Å². The molecule has 0 saturated heterocycles. The topological polar surface area (TPSA) is 0 Å². The monoisotopic (exact) mass is 332 g/mol. The highest BCUT2D eigenvalue weighted by molar-refractivity contribution is 7.18. The third-order valence-corrected chi connectivity index (χ3v) is 6.02. The van der Waals surface area contributed by atoms with Gasteiger partial charge in [-0.1, -0.05) is 60.2 Å². The molecular formula is C21H16S2. The van der Waals surface area contributed by atoms with Crippen molar-refractivity contribution >= 4 is 22.7 Å². The lowest BCUT2D eigenvalue weighted by Crippen LogP contribution is -1.74. The highest BCUT2D eigenvalue weighted by Gasteiger charge is 2.06. The Balaban J connectivity index is 1.62. The summed E-state index contributed by atoms with van der Waals surface area (Å²) in [7, 11) is 0. The average Bonchev–Trinajstić information content (AvgIpc) is 3.28. The summed E-state index contributed by atoms with van der Waals surface area (Å²) in [5, 5.41) is 2.12. The van der Waals surface area contributed by atoms with Gasteiger partial charge in [-0.25, -0.2) is 0 Å². The van der Waals surface area contributed by atoms with Gasteiger partial charge in [0.25, 0.3) is 0 Å². The molecule has 112 valence electrons. The summed E-state index contributed by atoms with van der Waals surface area (Å²) in [6, 6.07) is 26.3. The molecule has 0 atom stereocenters. The minimum atomic E-state index is 1.29. The molecule has 0 spiro atoms. The Bertz CT molecular complexity index is 895. The fourth-order valence-corrected chi connectivity index (χ4v) is 4.36. The lowest BCUT2D eigenvalue weighted by atomic mass is 10.1. The molecule has 4 rings (SSSR count). The lowest BCUT2D eigenvalue weighted by Gasteiger charge is -2.01. The van der Waals surface area contributed by atoms with Crippen LogP contribution in [0.2, 0.25) is 0 Å². The zero-order valence-corrected chi connectivity index (χ0v) is 14.5. The van der Waals surface area contributed by atoms with E-state index in [0.29, 0.717) is 0 Å². The van der Waals surface area contributed by atoms with Crippen molar-refractivity contribution in [2.75, 3.05) is 0 Å². The first kappa shape index (κ1) is 14.4. The Morgan fingerprint density at radius 1 is 0.565 bits per heavy atom. The van der Waals surface area contributed by atoms with E-state index in [2.05, 4.69) is 85.1 Å². The summed E-state index contributed by atoms with van der Waals surface area (Å²) in [5.41, 5.74) is 5.17. The predicted octanol–water partition coefficient (Wildman–Crippen LogP) is 7.12. The molecule has 2 heteroatoms. The lowest BCUT2D eigenvalue weighted by molar-refractivity contribution is 1.48. The molecule has 2 aromatic heterocycles. The second-order valence-electron chi connectivity index (χ2n) is 5.58. The van der Waals surface area contributed by atoms with E-state index in [1.54, 1.807) is 11.3 Å². The van der Waals surface area contributed by atoms with Gasteiger partial charge in [-0.3, -0.25) is 0 Å². The van der Waals surface area contributed by atoms with E-state index in [1.165, 1.54) is 36.9 Å². The summed E-state index contributed by atoms with van der Waals surface area (Å²) in [6.45, 7) is 2.12. The Labute approximate surface area is 144 Å². The summed E-state index contributed by atoms with van der Waals surface area (Å²) in [5.74, 6) is 0. The van der Waals surface area contributed by atoms with Crippen molar-refractivity contribution in [3.63, 3.8) is 0 Å². The Kier molecular flexibility index (Phi) is 3.86. The second kappa shape index (κ2) is 6.15. The molecule has 0 aliphatic rings. The maximum Gasteiger partial charge on any atom is 0.0349 e. The molecule has 0 aliphatic carbocycles. The van der Waals surface area contributed by atoms with Crippen molar-refractivity contribution in [1.82, 2.24) is 0 Å². The minimum absolute atomic E-state index is 1.29. The first-order chi connectivity index (χ1) is 11.3. The molecule has 0 amide bonds. The molecule has 0 unspecified atom stereocenters. The number of thiophene rings is 2. The number of rotatable bonds is 3. The SMILES string of the molecule is Cc1ccc(-c2ccc(-c3ccc(-c4cccs4)cc3)s2)cc1. The standard InChI is InChI=1S/C21H16S2/c1-15-4-6-17(7-5-15)20-12-13-21(23-20)18-10-8-16(9-11-18)19-3-2-14-22-19/h2-14H,1H3. The van der Waals surface area contributed by atoms with E-state index < -0.39 is 0 Å². The van der Waals surface area contributed by atoms with Gasteiger partial charge in [0, 0.05) is 14.6 Å². The van der Waals surface area contributed by atoms with E-state index >= 15 is 0 Å². The molecule has 0 nitrogen and oxygen atoms in total. The van der Waals surface area contributed by atoms with Crippen molar-refractivity contribution < 1.29 is 0 Å². The van der Waals surface area contributed by atoms with Gasteiger partial charge >= 0.3 is 0 Å². The summed E-state index contributed by atoms with van der Waals surface area (Å²) in [6.07, 6.45) is 0.